The average Bonchev–Trinajstić information content (AvgIpc) is 2.71. The van der Waals surface area contributed by atoms with E-state index in [2.05, 4.69) is 5.32 Å². The van der Waals surface area contributed by atoms with Gasteiger partial charge in [0.05, 0.1) is 11.4 Å². The molecule has 0 radical (unpaired) electrons. The maximum Gasteiger partial charge on any atom is 0.247 e. The molecule has 1 atom stereocenters. The lowest BCUT2D eigenvalue weighted by atomic mass is 10.1. The van der Waals surface area contributed by atoms with Gasteiger partial charge in [0.25, 0.3) is 0 Å². The Bertz CT molecular complexity index is 728. The zero-order valence-electron chi connectivity index (χ0n) is 11.7. The van der Waals surface area contributed by atoms with Crippen LogP contribution >= 0.6 is 0 Å². The highest BCUT2D eigenvalue weighted by molar-refractivity contribution is 6.02. The molecule has 0 spiro atoms. The van der Waals surface area contributed by atoms with Crippen molar-refractivity contribution in [2.45, 2.75) is 26.8 Å². The normalized spacial score (nSPS) is 16.9. The van der Waals surface area contributed by atoms with Gasteiger partial charge in [-0.15, -0.1) is 0 Å². The molecule has 1 N–H and O–H groups in total. The number of fused-ring (bicyclic) bond motifs is 3. The molecule has 1 aromatic heterocycles. The quantitative estimate of drug-likeness (QED) is 0.807. The van der Waals surface area contributed by atoms with Gasteiger partial charge in [0.2, 0.25) is 5.91 Å². The molecular weight excluding hydrogens is 252 g/mol. The standard InChI is InChI=1S/C16H16N2O2/c1-9-13(11(3)19)8-15-12-6-4-5-7-14(12)17-16(20)10(2)18(9)15/h4-8,10H,1-3H3,(H,17,20). The molecule has 0 saturated carbocycles. The average molecular weight is 268 g/mol. The molecule has 4 heteroatoms. The summed E-state index contributed by atoms with van der Waals surface area (Å²) in [6.07, 6.45) is 0. The van der Waals surface area contributed by atoms with Crippen molar-refractivity contribution in [2.24, 2.45) is 0 Å². The summed E-state index contributed by atoms with van der Waals surface area (Å²) in [6.45, 7) is 5.29. The maximum absolute atomic E-state index is 12.3. The fourth-order valence-electron chi connectivity index (χ4n) is 2.85. The van der Waals surface area contributed by atoms with E-state index < -0.39 is 0 Å². The molecule has 1 aliphatic rings. The zero-order valence-corrected chi connectivity index (χ0v) is 11.7. The SMILES string of the molecule is CC(=O)c1cc2n(c1C)C(C)C(=O)Nc1ccccc1-2. The number of aromatic nitrogens is 1. The number of nitrogens with zero attached hydrogens (tertiary/aromatic N) is 1. The number of benzene rings is 1. The number of anilines is 1. The van der Waals surface area contributed by atoms with Crippen molar-refractivity contribution in [3.63, 3.8) is 0 Å². The van der Waals surface area contributed by atoms with Gasteiger partial charge in [-0.1, -0.05) is 18.2 Å². The third kappa shape index (κ3) is 1.68. The predicted octanol–water partition coefficient (Wildman–Crippen LogP) is 3.18. The second kappa shape index (κ2) is 4.34. The second-order valence-corrected chi connectivity index (χ2v) is 5.17. The summed E-state index contributed by atoms with van der Waals surface area (Å²) in [6, 6.07) is 9.20. The van der Waals surface area contributed by atoms with Crippen LogP contribution in [0.2, 0.25) is 0 Å². The van der Waals surface area contributed by atoms with Crippen LogP contribution in [0.15, 0.2) is 30.3 Å². The predicted molar refractivity (Wildman–Crippen MR) is 78.0 cm³/mol. The van der Waals surface area contributed by atoms with Crippen LogP contribution in [0, 0.1) is 6.92 Å². The molecule has 1 unspecified atom stereocenters. The third-order valence-corrected chi connectivity index (χ3v) is 3.90. The molecule has 3 rings (SSSR count). The molecule has 102 valence electrons. The maximum atomic E-state index is 12.3. The molecule has 0 bridgehead atoms. The van der Waals surface area contributed by atoms with E-state index in [1.165, 1.54) is 0 Å². The number of amides is 1. The number of nitrogens with one attached hydrogen (secondary N) is 1. The van der Waals surface area contributed by atoms with E-state index in [1.807, 2.05) is 48.7 Å². The fraction of sp³-hybridized carbons (Fsp3) is 0.250. The Morgan fingerprint density at radius 2 is 2.00 bits per heavy atom. The number of ketones is 1. The van der Waals surface area contributed by atoms with Crippen molar-refractivity contribution in [3.8, 4) is 11.3 Å². The summed E-state index contributed by atoms with van der Waals surface area (Å²) < 4.78 is 1.94. The van der Waals surface area contributed by atoms with Gasteiger partial charge < -0.3 is 9.88 Å². The first-order chi connectivity index (χ1) is 9.50. The van der Waals surface area contributed by atoms with Gasteiger partial charge >= 0.3 is 0 Å². The lowest BCUT2D eigenvalue weighted by molar-refractivity contribution is -0.118. The Labute approximate surface area is 117 Å². The Balaban J connectivity index is 2.36. The molecule has 4 nitrogen and oxygen atoms in total. The highest BCUT2D eigenvalue weighted by atomic mass is 16.2. The Morgan fingerprint density at radius 1 is 1.30 bits per heavy atom. The van der Waals surface area contributed by atoms with Gasteiger partial charge in [-0.05, 0) is 32.9 Å². The minimum absolute atomic E-state index is 0.0214. The number of rotatable bonds is 1. The summed E-state index contributed by atoms with van der Waals surface area (Å²) in [5.74, 6) is -0.0434. The minimum Gasteiger partial charge on any atom is -0.332 e. The van der Waals surface area contributed by atoms with E-state index in [-0.39, 0.29) is 17.7 Å². The van der Waals surface area contributed by atoms with Gasteiger partial charge in [-0.3, -0.25) is 9.59 Å². The smallest absolute Gasteiger partial charge is 0.247 e. The molecule has 2 aromatic rings. The summed E-state index contributed by atoms with van der Waals surface area (Å²) in [5, 5.41) is 2.94. The minimum atomic E-state index is -0.342. The van der Waals surface area contributed by atoms with Crippen LogP contribution in [0.5, 0.6) is 0 Å². The Morgan fingerprint density at radius 3 is 2.70 bits per heavy atom. The summed E-state index contributed by atoms with van der Waals surface area (Å²) in [4.78, 5) is 24.0. The molecule has 1 amide bonds. The number of hydrogen-bond donors (Lipinski definition) is 1. The van der Waals surface area contributed by atoms with E-state index in [1.54, 1.807) is 6.92 Å². The van der Waals surface area contributed by atoms with Crippen molar-refractivity contribution in [1.29, 1.82) is 0 Å². The van der Waals surface area contributed by atoms with Crippen LogP contribution in [0.1, 0.15) is 35.9 Å². The van der Waals surface area contributed by atoms with Crippen molar-refractivity contribution in [3.05, 3.63) is 41.6 Å². The lowest BCUT2D eigenvalue weighted by Crippen LogP contribution is -2.22. The first-order valence-corrected chi connectivity index (χ1v) is 6.63. The molecular formula is C16H16N2O2. The number of hydrogen-bond acceptors (Lipinski definition) is 2. The van der Waals surface area contributed by atoms with Crippen molar-refractivity contribution in [2.75, 3.05) is 5.32 Å². The van der Waals surface area contributed by atoms with Crippen LogP contribution in [0.4, 0.5) is 5.69 Å². The molecule has 20 heavy (non-hydrogen) atoms. The highest BCUT2D eigenvalue weighted by Crippen LogP contribution is 2.37. The molecule has 0 saturated heterocycles. The highest BCUT2D eigenvalue weighted by Gasteiger charge is 2.28. The molecule has 1 aliphatic heterocycles. The van der Waals surface area contributed by atoms with E-state index in [0.29, 0.717) is 5.56 Å². The van der Waals surface area contributed by atoms with E-state index in [4.69, 9.17) is 0 Å². The van der Waals surface area contributed by atoms with E-state index in [9.17, 15) is 9.59 Å². The van der Waals surface area contributed by atoms with Crippen LogP contribution in [-0.2, 0) is 4.79 Å². The number of para-hydroxylation sites is 1. The topological polar surface area (TPSA) is 51.1 Å². The van der Waals surface area contributed by atoms with Crippen LogP contribution in [-0.4, -0.2) is 16.3 Å². The number of carbonyl (C=O) groups excluding carboxylic acids is 2. The fourth-order valence-corrected chi connectivity index (χ4v) is 2.85. The lowest BCUT2D eigenvalue weighted by Gasteiger charge is -2.15. The van der Waals surface area contributed by atoms with Crippen molar-refractivity contribution in [1.82, 2.24) is 4.57 Å². The summed E-state index contributed by atoms with van der Waals surface area (Å²) in [7, 11) is 0. The van der Waals surface area contributed by atoms with E-state index in [0.717, 1.165) is 22.6 Å². The van der Waals surface area contributed by atoms with Gasteiger partial charge in [0, 0.05) is 16.8 Å². The van der Waals surface area contributed by atoms with Crippen LogP contribution < -0.4 is 5.32 Å². The Hall–Kier alpha value is -2.36. The summed E-state index contributed by atoms with van der Waals surface area (Å²) in [5.41, 5.74) is 4.16. The first-order valence-electron chi connectivity index (χ1n) is 6.63. The van der Waals surface area contributed by atoms with Gasteiger partial charge in [-0.2, -0.15) is 0 Å². The molecule has 1 aromatic carbocycles. The first kappa shape index (κ1) is 12.7. The molecule has 2 heterocycles. The van der Waals surface area contributed by atoms with Gasteiger partial charge in [0.1, 0.15) is 6.04 Å². The van der Waals surface area contributed by atoms with Gasteiger partial charge in [-0.25, -0.2) is 0 Å². The second-order valence-electron chi connectivity index (χ2n) is 5.17. The molecule has 0 fully saturated rings. The largest absolute Gasteiger partial charge is 0.332 e. The monoisotopic (exact) mass is 268 g/mol. The Kier molecular flexibility index (Phi) is 2.74. The molecule has 0 aliphatic carbocycles. The zero-order chi connectivity index (χ0) is 14.4. The number of carbonyl (C=O) groups is 2. The van der Waals surface area contributed by atoms with Crippen molar-refractivity contribution < 1.29 is 9.59 Å². The third-order valence-electron chi connectivity index (χ3n) is 3.90. The van der Waals surface area contributed by atoms with Crippen LogP contribution in [0.25, 0.3) is 11.3 Å². The number of Topliss-reactive ketones (excluding diaryl/α,β-unsaturated/α-hetero) is 1. The van der Waals surface area contributed by atoms with Crippen LogP contribution in [0.3, 0.4) is 0 Å². The van der Waals surface area contributed by atoms with Crippen molar-refractivity contribution >= 4 is 17.4 Å². The van der Waals surface area contributed by atoms with E-state index >= 15 is 0 Å². The van der Waals surface area contributed by atoms with Gasteiger partial charge in [0.15, 0.2) is 5.78 Å². The summed E-state index contributed by atoms with van der Waals surface area (Å²) >= 11 is 0.